The molecule has 1 unspecified atom stereocenters. The number of hydrogen-bond donors (Lipinski definition) is 0. The largest absolute Gasteiger partial charge is 0.378 e. The van der Waals surface area contributed by atoms with Gasteiger partial charge in [0.05, 0.1) is 12.7 Å². The van der Waals surface area contributed by atoms with Gasteiger partial charge in [-0.2, -0.15) is 35.1 Å². The van der Waals surface area contributed by atoms with Gasteiger partial charge in [0.2, 0.25) is 0 Å². The third kappa shape index (κ3) is 3.96. The molecular weight excluding hydrogens is 312 g/mol. The van der Waals surface area contributed by atoms with Gasteiger partial charge in [-0.15, -0.1) is 13.2 Å². The Kier molecular flexibility index (Phi) is 5.99. The van der Waals surface area contributed by atoms with Gasteiger partial charge in [-0.1, -0.05) is 12.2 Å². The predicted molar refractivity (Wildman–Crippen MR) is 60.2 cm³/mol. The smallest absolute Gasteiger partial charge is 0.370 e. The van der Waals surface area contributed by atoms with E-state index in [1.165, 1.54) is 0 Å². The van der Waals surface area contributed by atoms with Crippen molar-refractivity contribution in [3.8, 4) is 0 Å². The molecule has 1 nitrogen and oxygen atoms in total. The molecule has 0 radical (unpaired) electrons. The minimum Gasteiger partial charge on any atom is -0.370 e. The highest BCUT2D eigenvalue weighted by Crippen LogP contribution is 2.53. The Bertz CT molecular complexity index is 372. The zero-order valence-corrected chi connectivity index (χ0v) is 11.0. The standard InChI is InChI=1S/C12H14F8O/c1-4-6-21-8(5-2)7-10(15,16)12(19,20)11(17,18)9(3,13)14/h4-5,8H,1-2,6-7H2,3H3. The molecule has 124 valence electrons. The van der Waals surface area contributed by atoms with E-state index in [2.05, 4.69) is 17.9 Å². The molecule has 9 heteroatoms. The molecule has 0 N–H and O–H groups in total. The summed E-state index contributed by atoms with van der Waals surface area (Å²) in [6, 6.07) is 0. The van der Waals surface area contributed by atoms with Gasteiger partial charge in [0, 0.05) is 13.3 Å². The maximum Gasteiger partial charge on any atom is 0.378 e. The van der Waals surface area contributed by atoms with Crippen molar-refractivity contribution < 1.29 is 39.9 Å². The summed E-state index contributed by atoms with van der Waals surface area (Å²) in [6.07, 6.45) is -1.88. The molecule has 0 heterocycles. The van der Waals surface area contributed by atoms with Crippen LogP contribution in [0.15, 0.2) is 25.3 Å². The van der Waals surface area contributed by atoms with Crippen molar-refractivity contribution >= 4 is 0 Å². The molecule has 21 heavy (non-hydrogen) atoms. The first kappa shape index (κ1) is 19.9. The van der Waals surface area contributed by atoms with Crippen LogP contribution in [0, 0.1) is 0 Å². The van der Waals surface area contributed by atoms with Crippen molar-refractivity contribution in [2.45, 2.75) is 43.1 Å². The van der Waals surface area contributed by atoms with E-state index in [1.54, 1.807) is 0 Å². The Morgan fingerprint density at radius 1 is 0.952 bits per heavy atom. The lowest BCUT2D eigenvalue weighted by atomic mass is 9.95. The van der Waals surface area contributed by atoms with E-state index in [9.17, 15) is 35.1 Å². The summed E-state index contributed by atoms with van der Waals surface area (Å²) < 4.78 is 109. The van der Waals surface area contributed by atoms with Crippen LogP contribution in [0.1, 0.15) is 13.3 Å². The fraction of sp³-hybridized carbons (Fsp3) is 0.667. The Hall–Kier alpha value is -1.12. The van der Waals surface area contributed by atoms with Crippen molar-refractivity contribution in [1.29, 1.82) is 0 Å². The maximum absolute atomic E-state index is 13.4. The molecule has 0 aromatic carbocycles. The van der Waals surface area contributed by atoms with E-state index < -0.39 is 43.1 Å². The molecule has 0 fully saturated rings. The highest BCUT2D eigenvalue weighted by atomic mass is 19.4. The third-order valence-corrected chi connectivity index (χ3v) is 2.55. The van der Waals surface area contributed by atoms with E-state index in [-0.39, 0.29) is 6.61 Å². The molecule has 0 aliphatic rings. The molecule has 0 aromatic heterocycles. The third-order valence-electron chi connectivity index (χ3n) is 2.55. The Labute approximate surface area is 116 Å². The lowest BCUT2D eigenvalue weighted by Gasteiger charge is -2.36. The van der Waals surface area contributed by atoms with E-state index in [4.69, 9.17) is 0 Å². The van der Waals surface area contributed by atoms with Gasteiger partial charge >= 0.3 is 23.7 Å². The average molecular weight is 326 g/mol. The number of alkyl halides is 8. The van der Waals surface area contributed by atoms with Crippen molar-refractivity contribution in [2.24, 2.45) is 0 Å². The molecular formula is C12H14F8O. The van der Waals surface area contributed by atoms with Crippen molar-refractivity contribution in [1.82, 2.24) is 0 Å². The molecule has 0 saturated carbocycles. The number of ether oxygens (including phenoxy) is 1. The van der Waals surface area contributed by atoms with Crippen LogP contribution in [0.3, 0.4) is 0 Å². The van der Waals surface area contributed by atoms with Crippen LogP contribution >= 0.6 is 0 Å². The quantitative estimate of drug-likeness (QED) is 0.441. The Balaban J connectivity index is 5.36. The number of halogens is 8. The van der Waals surface area contributed by atoms with Gasteiger partial charge < -0.3 is 4.74 Å². The van der Waals surface area contributed by atoms with Crippen LogP contribution in [0.4, 0.5) is 35.1 Å². The fourth-order valence-electron chi connectivity index (χ4n) is 1.29. The Morgan fingerprint density at radius 2 is 1.43 bits per heavy atom. The van der Waals surface area contributed by atoms with Gasteiger partial charge in [-0.05, 0) is 0 Å². The molecule has 0 rings (SSSR count). The summed E-state index contributed by atoms with van der Waals surface area (Å²) in [5, 5.41) is 0. The number of rotatable bonds is 9. The fourth-order valence-corrected chi connectivity index (χ4v) is 1.29. The maximum atomic E-state index is 13.4. The minimum absolute atomic E-state index is 0.335. The first-order valence-electron chi connectivity index (χ1n) is 5.61. The van der Waals surface area contributed by atoms with E-state index >= 15 is 0 Å². The second kappa shape index (κ2) is 6.33. The molecule has 0 aliphatic carbocycles. The molecule has 0 saturated heterocycles. The second-order valence-electron chi connectivity index (χ2n) is 4.34. The molecule has 0 aliphatic heterocycles. The lowest BCUT2D eigenvalue weighted by molar-refractivity contribution is -0.365. The zero-order valence-electron chi connectivity index (χ0n) is 11.0. The summed E-state index contributed by atoms with van der Waals surface area (Å²) in [5.74, 6) is -23.3. The SMILES string of the molecule is C=CCOC(C=C)CC(F)(F)C(F)(F)C(F)(F)C(C)(F)F. The summed E-state index contributed by atoms with van der Waals surface area (Å²) >= 11 is 0. The first-order valence-corrected chi connectivity index (χ1v) is 5.61. The second-order valence-corrected chi connectivity index (χ2v) is 4.34. The van der Waals surface area contributed by atoms with Gasteiger partial charge in [0.1, 0.15) is 0 Å². The van der Waals surface area contributed by atoms with E-state index in [0.29, 0.717) is 6.08 Å². The lowest BCUT2D eigenvalue weighted by Crippen LogP contribution is -2.61. The van der Waals surface area contributed by atoms with Crippen LogP contribution in [0.5, 0.6) is 0 Å². The van der Waals surface area contributed by atoms with Gasteiger partial charge in [-0.3, -0.25) is 0 Å². The first-order chi connectivity index (χ1) is 9.24. The summed E-state index contributed by atoms with van der Waals surface area (Å²) in [6.45, 7) is 5.29. The summed E-state index contributed by atoms with van der Waals surface area (Å²) in [7, 11) is 0. The molecule has 0 spiro atoms. The van der Waals surface area contributed by atoms with Gasteiger partial charge in [0.15, 0.2) is 0 Å². The summed E-state index contributed by atoms with van der Waals surface area (Å²) in [4.78, 5) is 0. The molecule has 0 amide bonds. The number of hydrogen-bond acceptors (Lipinski definition) is 1. The molecule has 1 atom stereocenters. The minimum atomic E-state index is -6.27. The van der Waals surface area contributed by atoms with Crippen molar-refractivity contribution in [3.05, 3.63) is 25.3 Å². The highest BCUT2D eigenvalue weighted by molar-refractivity contribution is 5.04. The van der Waals surface area contributed by atoms with E-state index in [0.717, 1.165) is 6.08 Å². The molecule has 0 bridgehead atoms. The molecule has 0 aromatic rings. The van der Waals surface area contributed by atoms with Crippen molar-refractivity contribution in [3.63, 3.8) is 0 Å². The topological polar surface area (TPSA) is 9.23 Å². The van der Waals surface area contributed by atoms with Crippen LogP contribution in [0.2, 0.25) is 0 Å². The van der Waals surface area contributed by atoms with Gasteiger partial charge in [0.25, 0.3) is 0 Å². The highest BCUT2D eigenvalue weighted by Gasteiger charge is 2.78. The Morgan fingerprint density at radius 3 is 1.76 bits per heavy atom. The van der Waals surface area contributed by atoms with Gasteiger partial charge in [-0.25, -0.2) is 0 Å². The van der Waals surface area contributed by atoms with E-state index in [1.807, 2.05) is 0 Å². The normalized spacial score (nSPS) is 15.7. The monoisotopic (exact) mass is 326 g/mol. The van der Waals surface area contributed by atoms with Crippen LogP contribution < -0.4 is 0 Å². The summed E-state index contributed by atoms with van der Waals surface area (Å²) in [5.41, 5.74) is 0. The average Bonchev–Trinajstić information content (AvgIpc) is 2.32. The van der Waals surface area contributed by atoms with Crippen molar-refractivity contribution in [2.75, 3.05) is 6.61 Å². The van der Waals surface area contributed by atoms with Crippen LogP contribution in [-0.4, -0.2) is 36.4 Å². The zero-order chi connectivity index (χ0) is 17.1. The van der Waals surface area contributed by atoms with Crippen LogP contribution in [0.25, 0.3) is 0 Å². The van der Waals surface area contributed by atoms with Crippen LogP contribution in [-0.2, 0) is 4.74 Å². The predicted octanol–water partition coefficient (Wildman–Crippen LogP) is 4.69.